The molecule has 1 aromatic carbocycles. The average molecular weight is 347 g/mol. The highest BCUT2D eigenvalue weighted by Gasteiger charge is 2.41. The lowest BCUT2D eigenvalue weighted by Crippen LogP contribution is -2.35. The molecule has 0 aliphatic carbocycles. The van der Waals surface area contributed by atoms with Crippen molar-refractivity contribution < 1.29 is 37.5 Å². The van der Waals surface area contributed by atoms with Crippen LogP contribution in [0, 0.1) is 27.7 Å². The number of ether oxygens (including phenoxy) is 3. The van der Waals surface area contributed by atoms with Gasteiger partial charge in [0.25, 0.3) is 0 Å². The number of carbonyl (C=O) groups is 2. The van der Waals surface area contributed by atoms with Crippen LogP contribution in [-0.4, -0.2) is 44.7 Å². The summed E-state index contributed by atoms with van der Waals surface area (Å²) in [6.45, 7) is -0.944. The molecule has 24 heavy (non-hydrogen) atoms. The highest BCUT2D eigenvalue weighted by atomic mass is 19.1. The molecule has 0 heterocycles. The van der Waals surface area contributed by atoms with Gasteiger partial charge in [0.05, 0.1) is 27.2 Å². The van der Waals surface area contributed by atoms with Gasteiger partial charge in [-0.2, -0.15) is 0 Å². The van der Waals surface area contributed by atoms with E-state index in [1.807, 2.05) is 0 Å². The predicted molar refractivity (Wildman–Crippen MR) is 75.0 cm³/mol. The van der Waals surface area contributed by atoms with Crippen molar-refractivity contribution >= 4 is 11.9 Å². The number of benzene rings is 1. The van der Waals surface area contributed by atoms with E-state index in [0.29, 0.717) is 0 Å². The monoisotopic (exact) mass is 347 g/mol. The van der Waals surface area contributed by atoms with E-state index in [-0.39, 0.29) is 5.56 Å². The molecule has 0 aliphatic heterocycles. The van der Waals surface area contributed by atoms with E-state index in [9.17, 15) is 28.5 Å². The molecule has 0 amide bonds. The molecular formula is C14H15F2NO7. The molecule has 1 atom stereocenters. The van der Waals surface area contributed by atoms with E-state index in [4.69, 9.17) is 0 Å². The second-order valence-electron chi connectivity index (χ2n) is 4.66. The Morgan fingerprint density at radius 3 is 1.92 bits per heavy atom. The van der Waals surface area contributed by atoms with Crippen LogP contribution in [0.2, 0.25) is 0 Å². The fourth-order valence-corrected chi connectivity index (χ4v) is 2.23. The number of hydrogen-bond donors (Lipinski definition) is 0. The van der Waals surface area contributed by atoms with Gasteiger partial charge < -0.3 is 14.2 Å². The maximum absolute atomic E-state index is 13.9. The highest BCUT2D eigenvalue weighted by Crippen LogP contribution is 2.32. The van der Waals surface area contributed by atoms with Crippen molar-refractivity contribution in [3.63, 3.8) is 0 Å². The van der Waals surface area contributed by atoms with Crippen LogP contribution in [0.5, 0.6) is 5.75 Å². The lowest BCUT2D eigenvalue weighted by atomic mass is 9.85. The number of hydrogen-bond acceptors (Lipinski definition) is 7. The first-order valence-electron chi connectivity index (χ1n) is 6.57. The fraction of sp³-hybridized carbons (Fsp3) is 0.429. The summed E-state index contributed by atoms with van der Waals surface area (Å²) in [7, 11) is 2.98. The summed E-state index contributed by atoms with van der Waals surface area (Å²) < 4.78 is 41.2. The number of halogens is 2. The van der Waals surface area contributed by atoms with Crippen molar-refractivity contribution in [3.05, 3.63) is 39.4 Å². The van der Waals surface area contributed by atoms with E-state index in [1.54, 1.807) is 0 Å². The third-order valence-electron chi connectivity index (χ3n) is 3.31. The van der Waals surface area contributed by atoms with Crippen molar-refractivity contribution in [2.24, 2.45) is 5.92 Å². The Kier molecular flexibility index (Phi) is 6.57. The molecule has 1 rings (SSSR count). The van der Waals surface area contributed by atoms with Gasteiger partial charge in [0.15, 0.2) is 23.3 Å². The minimum Gasteiger partial charge on any atom is -0.491 e. The Bertz CT molecular complexity index is 611. The maximum atomic E-state index is 13.9. The fourth-order valence-electron chi connectivity index (χ4n) is 2.23. The number of nitrogens with zero attached hydrogens (tertiary/aromatic N) is 1. The quantitative estimate of drug-likeness (QED) is 0.317. The van der Waals surface area contributed by atoms with E-state index in [0.717, 1.165) is 33.5 Å². The molecular weight excluding hydrogens is 332 g/mol. The largest absolute Gasteiger partial charge is 0.491 e. The van der Waals surface area contributed by atoms with Crippen LogP contribution in [0.25, 0.3) is 0 Å². The van der Waals surface area contributed by atoms with Crippen molar-refractivity contribution in [2.45, 2.75) is 5.92 Å². The summed E-state index contributed by atoms with van der Waals surface area (Å²) in [6, 6.07) is 1.52. The zero-order chi connectivity index (χ0) is 18.4. The number of nitro groups is 1. The zero-order valence-corrected chi connectivity index (χ0v) is 13.1. The zero-order valence-electron chi connectivity index (χ0n) is 13.1. The van der Waals surface area contributed by atoms with Crippen molar-refractivity contribution in [1.29, 1.82) is 0 Å². The number of methoxy groups -OCH3 is 3. The van der Waals surface area contributed by atoms with Crippen LogP contribution in [0.3, 0.4) is 0 Å². The minimum atomic E-state index is -1.75. The van der Waals surface area contributed by atoms with E-state index in [1.165, 1.54) is 0 Å². The first kappa shape index (κ1) is 19.3. The molecule has 1 aromatic rings. The summed E-state index contributed by atoms with van der Waals surface area (Å²) in [5.41, 5.74) is -0.275. The molecule has 132 valence electrons. The van der Waals surface area contributed by atoms with Crippen LogP contribution >= 0.6 is 0 Å². The molecule has 10 heteroatoms. The van der Waals surface area contributed by atoms with Gasteiger partial charge in [-0.25, -0.2) is 8.78 Å². The molecule has 0 radical (unpaired) electrons. The Morgan fingerprint density at radius 2 is 1.58 bits per heavy atom. The topological polar surface area (TPSA) is 105 Å². The standard InChI is InChI=1S/C14H15F2NO7/c1-22-12-9(15)4-7(5-10(12)16)8(6-17(20)21)11(13(18)23-2)14(19)24-3/h4-5,8,11H,6H2,1-3H3. The maximum Gasteiger partial charge on any atom is 0.320 e. The minimum absolute atomic E-state index is 0.275. The Balaban J connectivity index is 3.47. The third-order valence-corrected chi connectivity index (χ3v) is 3.31. The molecule has 0 spiro atoms. The SMILES string of the molecule is COC(=O)C(C(=O)OC)C(C[N+](=O)[O-])c1cc(F)c(OC)c(F)c1. The molecule has 8 nitrogen and oxygen atoms in total. The van der Waals surface area contributed by atoms with E-state index in [2.05, 4.69) is 14.2 Å². The van der Waals surface area contributed by atoms with Gasteiger partial charge in [-0.3, -0.25) is 19.7 Å². The third kappa shape index (κ3) is 4.15. The second kappa shape index (κ2) is 8.18. The molecule has 0 aliphatic rings. The van der Waals surface area contributed by atoms with Gasteiger partial charge in [-0.15, -0.1) is 0 Å². The number of carbonyl (C=O) groups excluding carboxylic acids is 2. The van der Waals surface area contributed by atoms with Crippen molar-refractivity contribution in [3.8, 4) is 5.75 Å². The van der Waals surface area contributed by atoms with Crippen LogP contribution in [0.15, 0.2) is 12.1 Å². The lowest BCUT2D eigenvalue weighted by molar-refractivity contribution is -0.484. The van der Waals surface area contributed by atoms with Gasteiger partial charge in [-0.1, -0.05) is 0 Å². The first-order chi connectivity index (χ1) is 11.3. The highest BCUT2D eigenvalue weighted by molar-refractivity contribution is 5.96. The summed E-state index contributed by atoms with van der Waals surface area (Å²) in [5.74, 6) is -8.43. The number of rotatable bonds is 7. The molecule has 0 saturated heterocycles. The molecule has 1 unspecified atom stereocenters. The average Bonchev–Trinajstić information content (AvgIpc) is 2.52. The van der Waals surface area contributed by atoms with Crippen LogP contribution in [0.4, 0.5) is 8.78 Å². The van der Waals surface area contributed by atoms with Gasteiger partial charge >= 0.3 is 11.9 Å². The summed E-state index contributed by atoms with van der Waals surface area (Å²) in [4.78, 5) is 33.8. The van der Waals surface area contributed by atoms with Gasteiger partial charge in [0, 0.05) is 4.92 Å². The molecule has 0 aromatic heterocycles. The molecule has 0 N–H and O–H groups in total. The summed E-state index contributed by atoms with van der Waals surface area (Å²) in [5, 5.41) is 10.9. The van der Waals surface area contributed by atoms with Gasteiger partial charge in [0.1, 0.15) is 0 Å². The van der Waals surface area contributed by atoms with Gasteiger partial charge in [0.2, 0.25) is 6.54 Å². The second-order valence-corrected chi connectivity index (χ2v) is 4.66. The summed E-state index contributed by atoms with van der Waals surface area (Å²) in [6.07, 6.45) is 0. The Morgan fingerprint density at radius 1 is 1.12 bits per heavy atom. The first-order valence-corrected chi connectivity index (χ1v) is 6.57. The lowest BCUT2D eigenvalue weighted by Gasteiger charge is -2.21. The normalized spacial score (nSPS) is 11.8. The van der Waals surface area contributed by atoms with Crippen LogP contribution < -0.4 is 4.74 Å². The van der Waals surface area contributed by atoms with Crippen LogP contribution in [-0.2, 0) is 19.1 Å². The molecule has 0 saturated carbocycles. The van der Waals surface area contributed by atoms with Crippen molar-refractivity contribution in [2.75, 3.05) is 27.9 Å². The van der Waals surface area contributed by atoms with E-state index >= 15 is 0 Å². The Labute approximate surface area is 135 Å². The summed E-state index contributed by atoms with van der Waals surface area (Å²) >= 11 is 0. The van der Waals surface area contributed by atoms with Crippen LogP contribution in [0.1, 0.15) is 11.5 Å². The Hall–Kier alpha value is -2.78. The van der Waals surface area contributed by atoms with E-state index < -0.39 is 52.6 Å². The number of esters is 2. The predicted octanol–water partition coefficient (Wildman–Crippen LogP) is 1.30. The molecule has 0 bridgehead atoms. The van der Waals surface area contributed by atoms with Gasteiger partial charge in [-0.05, 0) is 17.7 Å². The smallest absolute Gasteiger partial charge is 0.320 e. The molecule has 0 fully saturated rings. The van der Waals surface area contributed by atoms with Crippen molar-refractivity contribution in [1.82, 2.24) is 0 Å².